The Morgan fingerprint density at radius 2 is 2.00 bits per heavy atom. The smallest absolute Gasteiger partial charge is 0.337 e. The van der Waals surface area contributed by atoms with Gasteiger partial charge >= 0.3 is 5.97 Å². The van der Waals surface area contributed by atoms with Crippen molar-refractivity contribution in [1.82, 2.24) is 4.90 Å². The molecule has 1 aromatic carbocycles. The molecule has 0 saturated carbocycles. The van der Waals surface area contributed by atoms with E-state index in [1.165, 1.54) is 7.11 Å². The maximum atomic E-state index is 12.2. The van der Waals surface area contributed by atoms with Gasteiger partial charge in [0, 0.05) is 27.5 Å². The van der Waals surface area contributed by atoms with Crippen LogP contribution < -0.4 is 0 Å². The minimum absolute atomic E-state index is 0.107. The second-order valence-corrected chi connectivity index (χ2v) is 8.06. The predicted octanol–water partition coefficient (Wildman–Crippen LogP) is 4.19. The Hall–Kier alpha value is -1.31. The number of thioether (sulfide) groups is 1. The van der Waals surface area contributed by atoms with E-state index < -0.39 is 0 Å². The number of nitrogens with zero attached hydrogens (tertiary/aromatic N) is 1. The number of benzene rings is 1. The maximum absolute atomic E-state index is 12.2. The van der Waals surface area contributed by atoms with E-state index in [0.717, 1.165) is 20.7 Å². The Balaban J connectivity index is 1.76. The van der Waals surface area contributed by atoms with Crippen molar-refractivity contribution in [3.8, 4) is 0 Å². The first-order chi connectivity index (χ1) is 11.5. The third-order valence-electron chi connectivity index (χ3n) is 3.31. The van der Waals surface area contributed by atoms with E-state index in [-0.39, 0.29) is 11.9 Å². The number of hydrogen-bond acceptors (Lipinski definition) is 5. The lowest BCUT2D eigenvalue weighted by Crippen LogP contribution is -2.27. The second kappa shape index (κ2) is 9.25. The molecular weight excluding hydrogens is 410 g/mol. The number of methoxy groups -OCH3 is 1. The molecule has 0 fully saturated rings. The average molecular weight is 428 g/mol. The van der Waals surface area contributed by atoms with Crippen molar-refractivity contribution in [3.05, 3.63) is 56.2 Å². The zero-order chi connectivity index (χ0) is 17.5. The van der Waals surface area contributed by atoms with Crippen molar-refractivity contribution in [2.24, 2.45) is 0 Å². The number of carbonyl (C=O) groups is 2. The molecule has 128 valence electrons. The SMILES string of the molecule is COC(=O)c1ccc(CSCC(=O)N(C)Cc2cc(Br)cs2)cc1. The van der Waals surface area contributed by atoms with Crippen LogP contribution in [-0.4, -0.2) is 36.7 Å². The van der Waals surface area contributed by atoms with Gasteiger partial charge in [0.25, 0.3) is 0 Å². The third-order valence-corrected chi connectivity index (χ3v) is 5.98. The highest BCUT2D eigenvalue weighted by atomic mass is 79.9. The van der Waals surface area contributed by atoms with Crippen LogP contribution in [0.1, 0.15) is 20.8 Å². The van der Waals surface area contributed by atoms with Crippen LogP contribution >= 0.6 is 39.0 Å². The highest BCUT2D eigenvalue weighted by Gasteiger charge is 2.11. The van der Waals surface area contributed by atoms with Gasteiger partial charge in [-0.1, -0.05) is 12.1 Å². The topological polar surface area (TPSA) is 46.6 Å². The van der Waals surface area contributed by atoms with Crippen LogP contribution in [0, 0.1) is 0 Å². The largest absolute Gasteiger partial charge is 0.465 e. The molecule has 24 heavy (non-hydrogen) atoms. The molecule has 1 aromatic heterocycles. The minimum Gasteiger partial charge on any atom is -0.465 e. The number of ether oxygens (including phenoxy) is 1. The molecule has 0 aliphatic heterocycles. The highest BCUT2D eigenvalue weighted by Crippen LogP contribution is 2.21. The number of amides is 1. The first-order valence-corrected chi connectivity index (χ1v) is 10.0. The predicted molar refractivity (Wildman–Crippen MR) is 102 cm³/mol. The Bertz CT molecular complexity index is 700. The van der Waals surface area contributed by atoms with E-state index in [0.29, 0.717) is 17.9 Å². The number of esters is 1. The molecule has 0 aliphatic rings. The lowest BCUT2D eigenvalue weighted by atomic mass is 10.1. The fourth-order valence-electron chi connectivity index (χ4n) is 1.98. The molecule has 0 bridgehead atoms. The molecule has 0 aliphatic carbocycles. The van der Waals surface area contributed by atoms with Crippen LogP contribution in [0.3, 0.4) is 0 Å². The summed E-state index contributed by atoms with van der Waals surface area (Å²) < 4.78 is 5.72. The molecular formula is C17H18BrNO3S2. The van der Waals surface area contributed by atoms with E-state index >= 15 is 0 Å². The van der Waals surface area contributed by atoms with Gasteiger partial charge in [-0.25, -0.2) is 4.79 Å². The number of rotatable bonds is 7. The van der Waals surface area contributed by atoms with Crippen molar-refractivity contribution >= 4 is 50.9 Å². The summed E-state index contributed by atoms with van der Waals surface area (Å²) in [5, 5.41) is 2.01. The van der Waals surface area contributed by atoms with Gasteiger partial charge in [0.05, 0.1) is 25.0 Å². The summed E-state index contributed by atoms with van der Waals surface area (Å²) in [5.41, 5.74) is 1.61. The molecule has 0 spiro atoms. The molecule has 0 unspecified atom stereocenters. The number of thiophene rings is 1. The molecule has 1 amide bonds. The first-order valence-electron chi connectivity index (χ1n) is 7.21. The molecule has 0 atom stereocenters. The van der Waals surface area contributed by atoms with Gasteiger partial charge < -0.3 is 9.64 Å². The minimum atomic E-state index is -0.341. The number of carbonyl (C=O) groups excluding carboxylic acids is 2. The first kappa shape index (κ1) is 19.0. The molecule has 2 rings (SSSR count). The molecule has 1 heterocycles. The van der Waals surface area contributed by atoms with Crippen LogP contribution in [0.5, 0.6) is 0 Å². The van der Waals surface area contributed by atoms with E-state index in [1.54, 1.807) is 40.1 Å². The second-order valence-electron chi connectivity index (χ2n) is 5.16. The summed E-state index contributed by atoms with van der Waals surface area (Å²) in [6.07, 6.45) is 0. The molecule has 0 N–H and O–H groups in total. The summed E-state index contributed by atoms with van der Waals surface area (Å²) in [6, 6.07) is 9.28. The fourth-order valence-corrected chi connectivity index (χ4v) is 4.41. The van der Waals surface area contributed by atoms with Crippen molar-refractivity contribution in [1.29, 1.82) is 0 Å². The van der Waals surface area contributed by atoms with E-state index in [9.17, 15) is 9.59 Å². The number of hydrogen-bond donors (Lipinski definition) is 0. The zero-order valence-corrected chi connectivity index (χ0v) is 16.7. The van der Waals surface area contributed by atoms with Gasteiger partial charge in [0.2, 0.25) is 5.91 Å². The van der Waals surface area contributed by atoms with Gasteiger partial charge in [0.1, 0.15) is 0 Å². The Morgan fingerprint density at radius 3 is 2.58 bits per heavy atom. The summed E-state index contributed by atoms with van der Waals surface area (Å²) >= 11 is 6.62. The van der Waals surface area contributed by atoms with Crippen LogP contribution in [0.15, 0.2) is 40.2 Å². The standard InChI is InChI=1S/C17H18BrNO3S2/c1-19(8-15-7-14(18)10-24-15)16(20)11-23-9-12-3-5-13(6-4-12)17(21)22-2/h3-7,10H,8-9,11H2,1-2H3. The monoisotopic (exact) mass is 427 g/mol. The van der Waals surface area contributed by atoms with Crippen LogP contribution in [0.4, 0.5) is 0 Å². The van der Waals surface area contributed by atoms with Crippen molar-refractivity contribution in [3.63, 3.8) is 0 Å². The lowest BCUT2D eigenvalue weighted by molar-refractivity contribution is -0.127. The summed E-state index contributed by atoms with van der Waals surface area (Å²) in [7, 11) is 3.19. The molecule has 0 saturated heterocycles. The van der Waals surface area contributed by atoms with Gasteiger partial charge in [-0.15, -0.1) is 23.1 Å². The van der Waals surface area contributed by atoms with E-state index in [4.69, 9.17) is 0 Å². The quantitative estimate of drug-likeness (QED) is 0.621. The molecule has 2 aromatic rings. The maximum Gasteiger partial charge on any atom is 0.337 e. The molecule has 7 heteroatoms. The Labute approximate surface area is 158 Å². The normalized spacial score (nSPS) is 10.5. The molecule has 0 radical (unpaired) electrons. The van der Waals surface area contributed by atoms with E-state index in [1.807, 2.05) is 30.6 Å². The summed E-state index contributed by atoms with van der Waals surface area (Å²) in [4.78, 5) is 26.4. The van der Waals surface area contributed by atoms with Gasteiger partial charge in [0.15, 0.2) is 0 Å². The van der Waals surface area contributed by atoms with Gasteiger partial charge in [-0.2, -0.15) is 0 Å². The average Bonchev–Trinajstić information content (AvgIpc) is 2.99. The Morgan fingerprint density at radius 1 is 1.29 bits per heavy atom. The van der Waals surface area contributed by atoms with Crippen molar-refractivity contribution in [2.75, 3.05) is 19.9 Å². The third kappa shape index (κ3) is 5.65. The van der Waals surface area contributed by atoms with Crippen LogP contribution in [0.2, 0.25) is 0 Å². The fraction of sp³-hybridized carbons (Fsp3) is 0.294. The zero-order valence-electron chi connectivity index (χ0n) is 13.5. The summed E-state index contributed by atoms with van der Waals surface area (Å²) in [6.45, 7) is 0.628. The van der Waals surface area contributed by atoms with Crippen molar-refractivity contribution < 1.29 is 14.3 Å². The lowest BCUT2D eigenvalue weighted by Gasteiger charge is -2.16. The summed E-state index contributed by atoms with van der Waals surface area (Å²) in [5.74, 6) is 0.926. The van der Waals surface area contributed by atoms with E-state index in [2.05, 4.69) is 20.7 Å². The number of halogens is 1. The Kier molecular flexibility index (Phi) is 7.33. The van der Waals surface area contributed by atoms with Gasteiger partial charge in [-0.05, 0) is 39.7 Å². The van der Waals surface area contributed by atoms with Crippen LogP contribution in [0.25, 0.3) is 0 Å². The van der Waals surface area contributed by atoms with Crippen LogP contribution in [-0.2, 0) is 21.8 Å². The highest BCUT2D eigenvalue weighted by molar-refractivity contribution is 9.10. The molecule has 4 nitrogen and oxygen atoms in total. The van der Waals surface area contributed by atoms with Crippen molar-refractivity contribution in [2.45, 2.75) is 12.3 Å². The van der Waals surface area contributed by atoms with Gasteiger partial charge in [-0.3, -0.25) is 4.79 Å².